The quantitative estimate of drug-likeness (QED) is 0.544. The van der Waals surface area contributed by atoms with Crippen molar-refractivity contribution in [3.8, 4) is 11.3 Å². The third kappa shape index (κ3) is 4.16. The van der Waals surface area contributed by atoms with Crippen LogP contribution in [-0.2, 0) is 24.2 Å². The van der Waals surface area contributed by atoms with Gasteiger partial charge in [-0.1, -0.05) is 12.1 Å². The molecular weight excluding hydrogens is 416 g/mol. The van der Waals surface area contributed by atoms with Gasteiger partial charge in [0, 0.05) is 51.8 Å². The summed E-state index contributed by atoms with van der Waals surface area (Å²) in [5.41, 5.74) is 4.45. The van der Waals surface area contributed by atoms with E-state index < -0.39 is 0 Å². The van der Waals surface area contributed by atoms with Gasteiger partial charge in [-0.3, -0.25) is 19.3 Å². The first-order valence-electron chi connectivity index (χ1n) is 11.7. The van der Waals surface area contributed by atoms with Gasteiger partial charge in [-0.15, -0.1) is 0 Å². The summed E-state index contributed by atoms with van der Waals surface area (Å²) in [5, 5.41) is 0.637. The van der Waals surface area contributed by atoms with Gasteiger partial charge in [0.1, 0.15) is 11.5 Å². The molecule has 2 aliphatic heterocycles. The molecule has 4 heterocycles. The lowest BCUT2D eigenvalue weighted by molar-refractivity contribution is 0.0362. The van der Waals surface area contributed by atoms with Crippen molar-refractivity contribution in [2.75, 3.05) is 39.9 Å². The van der Waals surface area contributed by atoms with Gasteiger partial charge in [-0.25, -0.2) is 9.97 Å². The number of imidazole rings is 1. The van der Waals surface area contributed by atoms with E-state index in [9.17, 15) is 4.79 Å². The van der Waals surface area contributed by atoms with Crippen LogP contribution in [0.3, 0.4) is 0 Å². The fourth-order valence-electron chi connectivity index (χ4n) is 4.75. The van der Waals surface area contributed by atoms with Gasteiger partial charge in [0.15, 0.2) is 0 Å². The molecule has 0 aliphatic carbocycles. The van der Waals surface area contributed by atoms with Crippen molar-refractivity contribution in [1.29, 1.82) is 0 Å². The summed E-state index contributed by atoms with van der Waals surface area (Å²) in [7, 11) is 1.79. The molecule has 3 aromatic rings. The van der Waals surface area contributed by atoms with Gasteiger partial charge in [0.05, 0.1) is 41.8 Å². The molecule has 1 fully saturated rings. The van der Waals surface area contributed by atoms with Crippen molar-refractivity contribution < 1.29 is 4.74 Å². The molecule has 0 unspecified atom stereocenters. The van der Waals surface area contributed by atoms with Gasteiger partial charge >= 0.3 is 0 Å². The Morgan fingerprint density at radius 3 is 2.85 bits per heavy atom. The van der Waals surface area contributed by atoms with Gasteiger partial charge in [0.2, 0.25) is 0 Å². The van der Waals surface area contributed by atoms with E-state index in [1.54, 1.807) is 17.9 Å². The standard InChI is InChI=1S/C25H30N6O2/c1-3-5-21(26-2)23-24(31-9-4-6-22(31)28-23)18-7-8-20-19(16-18)25(32)30(17-27-20)11-10-29-12-14-33-15-13-29/h3,5,7-8,16-17H,4,6,9-15H2,1-2H3/b5-3-,26-21?. The maximum atomic E-state index is 13.4. The molecule has 0 N–H and O–H groups in total. The molecule has 8 nitrogen and oxygen atoms in total. The highest BCUT2D eigenvalue weighted by atomic mass is 16.5. The number of benzene rings is 1. The predicted molar refractivity (Wildman–Crippen MR) is 130 cm³/mol. The average Bonchev–Trinajstić information content (AvgIpc) is 3.44. The Morgan fingerprint density at radius 2 is 2.06 bits per heavy atom. The Hall–Kier alpha value is -3.10. The first-order valence-corrected chi connectivity index (χ1v) is 11.7. The Morgan fingerprint density at radius 1 is 1.21 bits per heavy atom. The van der Waals surface area contributed by atoms with Crippen LogP contribution in [0, 0.1) is 0 Å². The zero-order chi connectivity index (χ0) is 22.8. The molecule has 5 rings (SSSR count). The summed E-state index contributed by atoms with van der Waals surface area (Å²) < 4.78 is 9.42. The normalized spacial score (nSPS) is 17.3. The van der Waals surface area contributed by atoms with E-state index in [-0.39, 0.29) is 5.56 Å². The number of ether oxygens (including phenoxy) is 1. The predicted octanol–water partition coefficient (Wildman–Crippen LogP) is 2.53. The Kier molecular flexibility index (Phi) is 6.20. The maximum absolute atomic E-state index is 13.4. The molecule has 1 aromatic carbocycles. The van der Waals surface area contributed by atoms with Crippen LogP contribution in [-0.4, -0.2) is 69.6 Å². The number of hydrogen-bond donors (Lipinski definition) is 0. The monoisotopic (exact) mass is 446 g/mol. The topological polar surface area (TPSA) is 77.5 Å². The van der Waals surface area contributed by atoms with Crippen LogP contribution in [0.15, 0.2) is 46.5 Å². The second-order valence-electron chi connectivity index (χ2n) is 8.52. The number of aromatic nitrogens is 4. The van der Waals surface area contributed by atoms with E-state index in [1.807, 2.05) is 37.3 Å². The van der Waals surface area contributed by atoms with Crippen molar-refractivity contribution in [2.24, 2.45) is 4.99 Å². The summed E-state index contributed by atoms with van der Waals surface area (Å²) in [4.78, 5) is 29.6. The number of morpholine rings is 1. The van der Waals surface area contributed by atoms with Gasteiger partial charge in [0.25, 0.3) is 5.56 Å². The zero-order valence-corrected chi connectivity index (χ0v) is 19.3. The smallest absolute Gasteiger partial charge is 0.261 e. The van der Waals surface area contributed by atoms with E-state index >= 15 is 0 Å². The minimum absolute atomic E-state index is 0.00402. The highest BCUT2D eigenvalue weighted by Gasteiger charge is 2.24. The summed E-state index contributed by atoms with van der Waals surface area (Å²) in [6.45, 7) is 7.66. The fourth-order valence-corrected chi connectivity index (χ4v) is 4.75. The maximum Gasteiger partial charge on any atom is 0.261 e. The number of rotatable bonds is 6. The lowest BCUT2D eigenvalue weighted by atomic mass is 10.0. The van der Waals surface area contributed by atoms with Gasteiger partial charge in [-0.05, 0) is 31.6 Å². The van der Waals surface area contributed by atoms with Crippen LogP contribution in [0.4, 0.5) is 0 Å². The first kappa shape index (κ1) is 21.7. The highest BCUT2D eigenvalue weighted by molar-refractivity contribution is 6.11. The summed E-state index contributed by atoms with van der Waals surface area (Å²) in [5.74, 6) is 1.08. The molecule has 0 bridgehead atoms. The van der Waals surface area contributed by atoms with E-state index in [2.05, 4.69) is 19.4 Å². The summed E-state index contributed by atoms with van der Waals surface area (Å²) in [6, 6.07) is 5.96. The van der Waals surface area contributed by atoms with E-state index in [0.717, 1.165) is 80.7 Å². The van der Waals surface area contributed by atoms with Crippen molar-refractivity contribution in [3.63, 3.8) is 0 Å². The van der Waals surface area contributed by atoms with Crippen LogP contribution in [0.5, 0.6) is 0 Å². The third-order valence-electron chi connectivity index (χ3n) is 6.50. The third-order valence-corrected chi connectivity index (χ3v) is 6.50. The number of aryl methyl sites for hydroxylation is 1. The Balaban J connectivity index is 1.55. The molecule has 0 atom stereocenters. The average molecular weight is 447 g/mol. The summed E-state index contributed by atoms with van der Waals surface area (Å²) >= 11 is 0. The number of hydrogen-bond acceptors (Lipinski definition) is 6. The van der Waals surface area contributed by atoms with Crippen molar-refractivity contribution in [3.05, 3.63) is 58.6 Å². The molecule has 172 valence electrons. The zero-order valence-electron chi connectivity index (χ0n) is 19.3. The second-order valence-corrected chi connectivity index (χ2v) is 8.52. The summed E-state index contributed by atoms with van der Waals surface area (Å²) in [6.07, 6.45) is 7.68. The van der Waals surface area contributed by atoms with Crippen LogP contribution in [0.25, 0.3) is 22.2 Å². The van der Waals surface area contributed by atoms with E-state index in [4.69, 9.17) is 9.72 Å². The number of fused-ring (bicyclic) bond motifs is 2. The molecule has 0 radical (unpaired) electrons. The van der Waals surface area contributed by atoms with Crippen LogP contribution < -0.4 is 5.56 Å². The molecule has 0 saturated carbocycles. The SMILES string of the molecule is C/C=C\C(=NC)c1nc2n(c1-c1ccc3ncn(CCN4CCOCC4)c(=O)c3c1)CCC2. The number of allylic oxidation sites excluding steroid dienone is 2. The minimum atomic E-state index is -0.00402. The minimum Gasteiger partial charge on any atom is -0.379 e. The number of aliphatic imine (C=N–C) groups is 1. The molecule has 2 aromatic heterocycles. The van der Waals surface area contributed by atoms with Gasteiger partial charge < -0.3 is 9.30 Å². The molecule has 1 saturated heterocycles. The Bertz CT molecular complexity index is 1280. The lowest BCUT2D eigenvalue weighted by Gasteiger charge is -2.26. The van der Waals surface area contributed by atoms with Crippen LogP contribution in [0.1, 0.15) is 24.9 Å². The van der Waals surface area contributed by atoms with Crippen molar-refractivity contribution in [2.45, 2.75) is 32.9 Å². The molecule has 8 heteroatoms. The first-order chi connectivity index (χ1) is 16.2. The van der Waals surface area contributed by atoms with Crippen LogP contribution in [0.2, 0.25) is 0 Å². The van der Waals surface area contributed by atoms with Gasteiger partial charge in [-0.2, -0.15) is 0 Å². The lowest BCUT2D eigenvalue weighted by Crippen LogP contribution is -2.39. The molecule has 2 aliphatic rings. The Labute approximate surface area is 193 Å². The molecule has 0 amide bonds. The van der Waals surface area contributed by atoms with Crippen molar-refractivity contribution >= 4 is 16.6 Å². The van der Waals surface area contributed by atoms with E-state index in [1.165, 1.54) is 0 Å². The van der Waals surface area contributed by atoms with E-state index in [0.29, 0.717) is 17.4 Å². The number of nitrogens with zero attached hydrogens (tertiary/aromatic N) is 6. The molecule has 0 spiro atoms. The van der Waals surface area contributed by atoms with Crippen molar-refractivity contribution in [1.82, 2.24) is 24.0 Å². The molecular formula is C25H30N6O2. The van der Waals surface area contributed by atoms with Crippen LogP contribution >= 0.6 is 0 Å². The second kappa shape index (κ2) is 9.41. The largest absolute Gasteiger partial charge is 0.379 e. The highest BCUT2D eigenvalue weighted by Crippen LogP contribution is 2.31. The molecule has 33 heavy (non-hydrogen) atoms. The fraction of sp³-hybridized carbons (Fsp3) is 0.440.